The van der Waals surface area contributed by atoms with Crippen LogP contribution in [0.2, 0.25) is 0 Å². The molecule has 0 amide bonds. The second kappa shape index (κ2) is 8.31. The van der Waals surface area contributed by atoms with E-state index in [0.717, 1.165) is 29.3 Å². The van der Waals surface area contributed by atoms with Crippen molar-refractivity contribution in [1.29, 1.82) is 0 Å². The molecule has 0 spiro atoms. The number of rotatable bonds is 5. The van der Waals surface area contributed by atoms with Crippen molar-refractivity contribution in [2.45, 2.75) is 19.4 Å². The first-order valence-electron chi connectivity index (χ1n) is 10.2. The third-order valence-electron chi connectivity index (χ3n) is 6.22. The van der Waals surface area contributed by atoms with E-state index in [1.54, 1.807) is 0 Å². The standard InChI is InChI=1S/C23H22F3N3O3/c1-12(27-2)13-6-7-28(10-13)20-9-19-14(8-17(20)25)22(30)15(23(31)32)11-29(19)18-5-3-4-16(24)21(18)26/h3-5,8-9,11-13,27H,6-7,10H2,1-2H3,(H,31,32)/t12-,13?/m0/s1. The van der Waals surface area contributed by atoms with Gasteiger partial charge in [0.15, 0.2) is 11.6 Å². The van der Waals surface area contributed by atoms with Crippen LogP contribution in [0.5, 0.6) is 0 Å². The number of benzene rings is 2. The van der Waals surface area contributed by atoms with Crippen LogP contribution in [0, 0.1) is 23.4 Å². The van der Waals surface area contributed by atoms with Crippen molar-refractivity contribution in [3.05, 3.63) is 69.8 Å². The molecule has 2 heterocycles. The molecule has 2 atom stereocenters. The maximum Gasteiger partial charge on any atom is 0.341 e. The highest BCUT2D eigenvalue weighted by atomic mass is 19.2. The lowest BCUT2D eigenvalue weighted by Crippen LogP contribution is -2.32. The number of anilines is 1. The minimum Gasteiger partial charge on any atom is -0.477 e. The molecule has 0 bridgehead atoms. The van der Waals surface area contributed by atoms with Crippen molar-refractivity contribution in [2.75, 3.05) is 25.0 Å². The monoisotopic (exact) mass is 445 g/mol. The van der Waals surface area contributed by atoms with Crippen molar-refractivity contribution >= 4 is 22.6 Å². The highest BCUT2D eigenvalue weighted by Gasteiger charge is 2.29. The molecule has 2 N–H and O–H groups in total. The molecule has 9 heteroatoms. The molecule has 1 fully saturated rings. The van der Waals surface area contributed by atoms with Crippen LogP contribution in [0.15, 0.2) is 41.3 Å². The SMILES string of the molecule is CN[C@@H](C)C1CCN(c2cc3c(cc2F)c(=O)c(C(=O)O)cn3-c2cccc(F)c2F)C1. The third-order valence-corrected chi connectivity index (χ3v) is 6.22. The lowest BCUT2D eigenvalue weighted by molar-refractivity contribution is 0.0695. The van der Waals surface area contributed by atoms with E-state index < -0.39 is 34.4 Å². The van der Waals surface area contributed by atoms with Crippen LogP contribution in [-0.4, -0.2) is 41.8 Å². The van der Waals surface area contributed by atoms with E-state index in [4.69, 9.17) is 0 Å². The lowest BCUT2D eigenvalue weighted by Gasteiger charge is -2.23. The molecule has 1 aromatic heterocycles. The number of aromatic carboxylic acids is 1. The number of halogens is 3. The zero-order valence-corrected chi connectivity index (χ0v) is 17.5. The number of carboxylic acid groups (broad SMARTS) is 1. The Morgan fingerprint density at radius 2 is 1.94 bits per heavy atom. The van der Waals surface area contributed by atoms with Crippen molar-refractivity contribution in [1.82, 2.24) is 9.88 Å². The Bertz CT molecular complexity index is 1270. The van der Waals surface area contributed by atoms with Gasteiger partial charge in [-0.2, -0.15) is 0 Å². The average Bonchev–Trinajstić information content (AvgIpc) is 3.25. The Balaban J connectivity index is 1.95. The summed E-state index contributed by atoms with van der Waals surface area (Å²) in [6.07, 6.45) is 1.78. The lowest BCUT2D eigenvalue weighted by atomic mass is 10.0. The zero-order valence-electron chi connectivity index (χ0n) is 17.5. The summed E-state index contributed by atoms with van der Waals surface area (Å²) in [6, 6.07) is 6.06. The van der Waals surface area contributed by atoms with Crippen LogP contribution >= 0.6 is 0 Å². The van der Waals surface area contributed by atoms with E-state index in [1.165, 1.54) is 18.2 Å². The summed E-state index contributed by atoms with van der Waals surface area (Å²) in [5.74, 6) is -4.27. The number of carbonyl (C=O) groups is 1. The minimum atomic E-state index is -1.55. The fourth-order valence-corrected chi connectivity index (χ4v) is 4.26. The first-order chi connectivity index (χ1) is 15.2. The Morgan fingerprint density at radius 1 is 1.19 bits per heavy atom. The topological polar surface area (TPSA) is 74.6 Å². The summed E-state index contributed by atoms with van der Waals surface area (Å²) >= 11 is 0. The van der Waals surface area contributed by atoms with E-state index in [-0.39, 0.29) is 34.2 Å². The number of nitrogens with zero attached hydrogens (tertiary/aromatic N) is 2. The van der Waals surface area contributed by atoms with Crippen LogP contribution in [0.1, 0.15) is 23.7 Å². The first kappa shape index (κ1) is 21.9. The molecule has 0 aliphatic carbocycles. The second-order valence-corrected chi connectivity index (χ2v) is 8.01. The molecule has 3 aromatic rings. The van der Waals surface area contributed by atoms with Gasteiger partial charge in [0.1, 0.15) is 11.4 Å². The molecule has 0 saturated carbocycles. The number of hydrogen-bond acceptors (Lipinski definition) is 4. The van der Waals surface area contributed by atoms with Crippen LogP contribution < -0.4 is 15.6 Å². The molecular weight excluding hydrogens is 423 g/mol. The molecule has 1 unspecified atom stereocenters. The summed E-state index contributed by atoms with van der Waals surface area (Å²) in [7, 11) is 1.86. The molecule has 1 saturated heterocycles. The number of aromatic nitrogens is 1. The Kier molecular flexibility index (Phi) is 5.68. The van der Waals surface area contributed by atoms with Crippen molar-refractivity contribution in [2.24, 2.45) is 5.92 Å². The largest absolute Gasteiger partial charge is 0.477 e. The number of nitrogens with one attached hydrogen (secondary N) is 1. The molecule has 1 aliphatic heterocycles. The van der Waals surface area contributed by atoms with E-state index in [1.807, 2.05) is 18.9 Å². The van der Waals surface area contributed by atoms with Gasteiger partial charge in [-0.3, -0.25) is 4.79 Å². The molecule has 32 heavy (non-hydrogen) atoms. The molecular formula is C23H22F3N3O3. The molecule has 1 aliphatic rings. The van der Waals surface area contributed by atoms with Gasteiger partial charge >= 0.3 is 5.97 Å². The smallest absolute Gasteiger partial charge is 0.341 e. The Labute approximate surface area is 181 Å². The molecule has 2 aromatic carbocycles. The van der Waals surface area contributed by atoms with Crippen molar-refractivity contribution in [3.8, 4) is 5.69 Å². The Morgan fingerprint density at radius 3 is 2.62 bits per heavy atom. The van der Waals surface area contributed by atoms with Crippen LogP contribution in [0.3, 0.4) is 0 Å². The highest BCUT2D eigenvalue weighted by molar-refractivity contribution is 5.94. The van der Waals surface area contributed by atoms with Gasteiger partial charge in [0.05, 0.1) is 16.9 Å². The predicted octanol–water partition coefficient (Wildman–Crippen LogP) is 3.54. The maximum absolute atomic E-state index is 15.1. The van der Waals surface area contributed by atoms with E-state index in [9.17, 15) is 23.5 Å². The molecule has 6 nitrogen and oxygen atoms in total. The average molecular weight is 445 g/mol. The van der Waals surface area contributed by atoms with Gasteiger partial charge in [-0.1, -0.05) is 6.07 Å². The highest BCUT2D eigenvalue weighted by Crippen LogP contribution is 2.32. The summed E-state index contributed by atoms with van der Waals surface area (Å²) in [4.78, 5) is 26.2. The van der Waals surface area contributed by atoms with Gasteiger partial charge in [-0.15, -0.1) is 0 Å². The van der Waals surface area contributed by atoms with Crippen molar-refractivity contribution < 1.29 is 23.1 Å². The second-order valence-electron chi connectivity index (χ2n) is 8.01. The van der Waals surface area contributed by atoms with Crippen LogP contribution in [-0.2, 0) is 0 Å². The number of fused-ring (bicyclic) bond motifs is 1. The number of pyridine rings is 1. The molecule has 0 radical (unpaired) electrons. The fraction of sp³-hybridized carbons (Fsp3) is 0.304. The van der Waals surface area contributed by atoms with Crippen LogP contribution in [0.25, 0.3) is 16.6 Å². The van der Waals surface area contributed by atoms with Gasteiger partial charge < -0.3 is 19.9 Å². The summed E-state index contributed by atoms with van der Waals surface area (Å²) in [6.45, 7) is 3.21. The van der Waals surface area contributed by atoms with Crippen molar-refractivity contribution in [3.63, 3.8) is 0 Å². The van der Waals surface area contributed by atoms with E-state index >= 15 is 4.39 Å². The zero-order chi connectivity index (χ0) is 23.2. The normalized spacial score (nSPS) is 17.2. The minimum absolute atomic E-state index is 0.0889. The summed E-state index contributed by atoms with van der Waals surface area (Å²) in [5, 5.41) is 12.4. The number of hydrogen-bond donors (Lipinski definition) is 2. The van der Waals surface area contributed by atoms with Crippen LogP contribution in [0.4, 0.5) is 18.9 Å². The summed E-state index contributed by atoms with van der Waals surface area (Å²) in [5.41, 5.74) is -1.54. The van der Waals surface area contributed by atoms with Gasteiger partial charge in [0, 0.05) is 30.7 Å². The third kappa shape index (κ3) is 3.62. The summed E-state index contributed by atoms with van der Waals surface area (Å²) < 4.78 is 44.7. The van der Waals surface area contributed by atoms with Gasteiger partial charge in [0.2, 0.25) is 5.43 Å². The quantitative estimate of drug-likeness (QED) is 0.629. The van der Waals surface area contributed by atoms with E-state index in [0.29, 0.717) is 13.1 Å². The van der Waals surface area contributed by atoms with Gasteiger partial charge in [-0.05, 0) is 50.6 Å². The number of carboxylic acids is 1. The van der Waals surface area contributed by atoms with Gasteiger partial charge in [0.25, 0.3) is 0 Å². The first-order valence-corrected chi connectivity index (χ1v) is 10.2. The van der Waals surface area contributed by atoms with Gasteiger partial charge in [-0.25, -0.2) is 18.0 Å². The predicted molar refractivity (Wildman–Crippen MR) is 115 cm³/mol. The Hall–Kier alpha value is -3.33. The fourth-order valence-electron chi connectivity index (χ4n) is 4.26. The maximum atomic E-state index is 15.1. The molecule has 4 rings (SSSR count). The van der Waals surface area contributed by atoms with E-state index in [2.05, 4.69) is 5.32 Å². The molecule has 168 valence electrons.